The van der Waals surface area contributed by atoms with Crippen LogP contribution in [0.15, 0.2) is 31.0 Å². The van der Waals surface area contributed by atoms with Gasteiger partial charge in [0.2, 0.25) is 0 Å². The number of aromatic nitrogens is 3. The van der Waals surface area contributed by atoms with E-state index in [1.807, 2.05) is 0 Å². The number of carbonyl (C=O) groups is 1. The molecule has 0 aliphatic rings. The van der Waals surface area contributed by atoms with Crippen LogP contribution in [0.2, 0.25) is 0 Å². The Labute approximate surface area is 91.8 Å². The summed E-state index contributed by atoms with van der Waals surface area (Å²) in [5.74, 6) is -0.991. The van der Waals surface area contributed by atoms with Crippen molar-refractivity contribution < 1.29 is 9.90 Å². The molecule has 0 aliphatic heterocycles. The van der Waals surface area contributed by atoms with Crippen LogP contribution < -0.4 is 0 Å². The number of rotatable bonds is 4. The minimum atomic E-state index is -0.991. The molecule has 0 saturated carbocycles. The second-order valence-electron chi connectivity index (χ2n) is 3.31. The number of carboxylic acids is 1. The molecule has 0 aliphatic carbocycles. The van der Waals surface area contributed by atoms with Crippen molar-refractivity contribution in [1.82, 2.24) is 15.2 Å². The maximum absolute atomic E-state index is 11.2. The lowest BCUT2D eigenvalue weighted by Crippen LogP contribution is -2.01. The van der Waals surface area contributed by atoms with Crippen molar-refractivity contribution in [2.75, 3.05) is 0 Å². The number of nitrogens with zero attached hydrogens (tertiary/aromatic N) is 1. The van der Waals surface area contributed by atoms with Gasteiger partial charge in [0, 0.05) is 12.6 Å². The van der Waals surface area contributed by atoms with Gasteiger partial charge in [0.25, 0.3) is 0 Å². The Morgan fingerprint density at radius 2 is 2.44 bits per heavy atom. The zero-order valence-electron chi connectivity index (χ0n) is 8.53. The molecule has 2 heterocycles. The predicted octanol–water partition coefficient (Wildman–Crippen LogP) is 1.83. The number of carboxylic acid groups (broad SMARTS) is 1. The summed E-state index contributed by atoms with van der Waals surface area (Å²) in [6, 6.07) is 3.57. The summed E-state index contributed by atoms with van der Waals surface area (Å²) in [5.41, 5.74) is 1.87. The molecule has 82 valence electrons. The topological polar surface area (TPSA) is 81.8 Å². The van der Waals surface area contributed by atoms with Gasteiger partial charge in [0.05, 0.1) is 11.4 Å². The third-order valence-electron chi connectivity index (χ3n) is 2.26. The molecule has 5 heteroatoms. The predicted molar refractivity (Wildman–Crippen MR) is 59.2 cm³/mol. The second kappa shape index (κ2) is 4.06. The van der Waals surface area contributed by atoms with Crippen LogP contribution >= 0.6 is 0 Å². The lowest BCUT2D eigenvalue weighted by atomic mass is 10.1. The fourth-order valence-electron chi connectivity index (χ4n) is 1.57. The standard InChI is InChI=1S/C11H11N3O2/c1-2-4-7-9(11(15)16)10(14-13-7)8-5-3-6-12-8/h2-3,5-6,12H,1,4H2,(H,13,14)(H,15,16). The molecule has 16 heavy (non-hydrogen) atoms. The fraction of sp³-hybridized carbons (Fsp3) is 0.0909. The summed E-state index contributed by atoms with van der Waals surface area (Å²) in [7, 11) is 0. The van der Waals surface area contributed by atoms with E-state index < -0.39 is 5.97 Å². The zero-order chi connectivity index (χ0) is 11.5. The van der Waals surface area contributed by atoms with Gasteiger partial charge < -0.3 is 10.1 Å². The molecule has 3 N–H and O–H groups in total. The summed E-state index contributed by atoms with van der Waals surface area (Å²) >= 11 is 0. The van der Waals surface area contributed by atoms with Crippen molar-refractivity contribution in [2.45, 2.75) is 6.42 Å². The summed E-state index contributed by atoms with van der Waals surface area (Å²) < 4.78 is 0. The Balaban J connectivity index is 2.54. The molecule has 0 saturated heterocycles. The zero-order valence-corrected chi connectivity index (χ0v) is 8.53. The monoisotopic (exact) mass is 217 g/mol. The van der Waals surface area contributed by atoms with Gasteiger partial charge in [-0.2, -0.15) is 5.10 Å². The maximum Gasteiger partial charge on any atom is 0.339 e. The Hall–Kier alpha value is -2.30. The van der Waals surface area contributed by atoms with E-state index in [1.165, 1.54) is 0 Å². The molecule has 0 atom stereocenters. The molecule has 5 nitrogen and oxygen atoms in total. The number of aromatic amines is 2. The highest BCUT2D eigenvalue weighted by atomic mass is 16.4. The third-order valence-corrected chi connectivity index (χ3v) is 2.26. The van der Waals surface area contributed by atoms with Crippen molar-refractivity contribution in [3.05, 3.63) is 42.2 Å². The van der Waals surface area contributed by atoms with Crippen LogP contribution in [0.5, 0.6) is 0 Å². The summed E-state index contributed by atoms with van der Waals surface area (Å²) in [4.78, 5) is 14.1. The van der Waals surface area contributed by atoms with E-state index in [0.717, 1.165) is 0 Å². The molecule has 0 bridgehead atoms. The van der Waals surface area contributed by atoms with Gasteiger partial charge in [-0.15, -0.1) is 6.58 Å². The average Bonchev–Trinajstić information content (AvgIpc) is 2.83. The molecule has 0 unspecified atom stereocenters. The van der Waals surface area contributed by atoms with E-state index in [1.54, 1.807) is 24.4 Å². The normalized spacial score (nSPS) is 10.2. The van der Waals surface area contributed by atoms with Gasteiger partial charge in [-0.05, 0) is 12.1 Å². The number of H-pyrrole nitrogens is 2. The van der Waals surface area contributed by atoms with E-state index in [4.69, 9.17) is 5.11 Å². The van der Waals surface area contributed by atoms with E-state index >= 15 is 0 Å². The number of hydrogen-bond donors (Lipinski definition) is 3. The van der Waals surface area contributed by atoms with Crippen LogP contribution in [0.3, 0.4) is 0 Å². The van der Waals surface area contributed by atoms with E-state index in [2.05, 4.69) is 21.8 Å². The van der Waals surface area contributed by atoms with Crippen molar-refractivity contribution in [2.24, 2.45) is 0 Å². The Kier molecular flexibility index (Phi) is 2.59. The lowest BCUT2D eigenvalue weighted by molar-refractivity contribution is 0.0697. The third kappa shape index (κ3) is 1.63. The van der Waals surface area contributed by atoms with Crippen LogP contribution in [0.4, 0.5) is 0 Å². The van der Waals surface area contributed by atoms with Gasteiger partial charge >= 0.3 is 5.97 Å². The van der Waals surface area contributed by atoms with Crippen LogP contribution in [-0.4, -0.2) is 26.3 Å². The quantitative estimate of drug-likeness (QED) is 0.683. The Morgan fingerprint density at radius 1 is 1.62 bits per heavy atom. The van der Waals surface area contributed by atoms with Crippen LogP contribution in [0.1, 0.15) is 16.1 Å². The highest BCUT2D eigenvalue weighted by Crippen LogP contribution is 2.22. The summed E-state index contributed by atoms with van der Waals surface area (Å²) in [6.45, 7) is 3.58. The first-order chi connectivity index (χ1) is 7.74. The molecule has 0 amide bonds. The van der Waals surface area contributed by atoms with Gasteiger partial charge in [0.1, 0.15) is 11.3 Å². The maximum atomic E-state index is 11.2. The van der Waals surface area contributed by atoms with E-state index in [0.29, 0.717) is 23.5 Å². The minimum Gasteiger partial charge on any atom is -0.478 e. The summed E-state index contributed by atoms with van der Waals surface area (Å²) in [5, 5.41) is 15.9. The Bertz CT molecular complexity index is 511. The highest BCUT2D eigenvalue weighted by Gasteiger charge is 2.20. The first kappa shape index (κ1) is 10.2. The average molecular weight is 217 g/mol. The lowest BCUT2D eigenvalue weighted by Gasteiger charge is -1.97. The molecule has 2 aromatic rings. The van der Waals surface area contributed by atoms with Gasteiger partial charge in [-0.3, -0.25) is 5.10 Å². The molecule has 0 spiro atoms. The second-order valence-corrected chi connectivity index (χ2v) is 3.31. The van der Waals surface area contributed by atoms with E-state index in [9.17, 15) is 4.79 Å². The molecule has 0 aromatic carbocycles. The van der Waals surface area contributed by atoms with Crippen molar-refractivity contribution in [3.8, 4) is 11.4 Å². The first-order valence-corrected chi connectivity index (χ1v) is 4.79. The fourth-order valence-corrected chi connectivity index (χ4v) is 1.57. The van der Waals surface area contributed by atoms with Crippen LogP contribution in [-0.2, 0) is 6.42 Å². The smallest absolute Gasteiger partial charge is 0.339 e. The number of aromatic carboxylic acids is 1. The molecular weight excluding hydrogens is 206 g/mol. The molecular formula is C11H11N3O2. The number of nitrogens with one attached hydrogen (secondary N) is 2. The van der Waals surface area contributed by atoms with Gasteiger partial charge in [0.15, 0.2) is 0 Å². The van der Waals surface area contributed by atoms with Gasteiger partial charge in [-0.25, -0.2) is 4.79 Å². The highest BCUT2D eigenvalue weighted by molar-refractivity contribution is 5.95. The number of hydrogen-bond acceptors (Lipinski definition) is 2. The van der Waals surface area contributed by atoms with Crippen molar-refractivity contribution in [3.63, 3.8) is 0 Å². The first-order valence-electron chi connectivity index (χ1n) is 4.79. The largest absolute Gasteiger partial charge is 0.478 e. The summed E-state index contributed by atoms with van der Waals surface area (Å²) in [6.07, 6.45) is 3.82. The molecule has 2 aromatic heterocycles. The number of allylic oxidation sites excluding steroid dienone is 1. The van der Waals surface area contributed by atoms with Crippen molar-refractivity contribution in [1.29, 1.82) is 0 Å². The molecule has 0 fully saturated rings. The Morgan fingerprint density at radius 3 is 3.00 bits per heavy atom. The van der Waals surface area contributed by atoms with E-state index in [-0.39, 0.29) is 5.56 Å². The van der Waals surface area contributed by atoms with Crippen molar-refractivity contribution >= 4 is 5.97 Å². The molecule has 0 radical (unpaired) electrons. The SMILES string of the molecule is C=CCc1[nH]nc(-c2ccc[nH]2)c1C(=O)O. The van der Waals surface area contributed by atoms with Crippen LogP contribution in [0.25, 0.3) is 11.4 Å². The molecule has 2 rings (SSSR count). The van der Waals surface area contributed by atoms with Crippen LogP contribution in [0, 0.1) is 0 Å². The minimum absolute atomic E-state index is 0.197. The van der Waals surface area contributed by atoms with Gasteiger partial charge in [-0.1, -0.05) is 6.08 Å².